The number of rotatable bonds is 5. The van der Waals surface area contributed by atoms with E-state index < -0.39 is 17.8 Å². The largest absolute Gasteiger partial charge is 0.481 e. The first-order valence-corrected chi connectivity index (χ1v) is 7.21. The lowest BCUT2D eigenvalue weighted by Gasteiger charge is -2.33. The van der Waals surface area contributed by atoms with Crippen molar-refractivity contribution in [3.63, 3.8) is 0 Å². The van der Waals surface area contributed by atoms with Gasteiger partial charge in [-0.25, -0.2) is 8.78 Å². The van der Waals surface area contributed by atoms with E-state index in [-0.39, 0.29) is 50.1 Å². The van der Waals surface area contributed by atoms with Gasteiger partial charge in [-0.3, -0.25) is 9.59 Å². The average molecular weight is 289 g/mol. The molecule has 1 atom stereocenters. The van der Waals surface area contributed by atoms with Crippen LogP contribution in [0.3, 0.4) is 0 Å². The Hall–Kier alpha value is -1.20. The standard InChI is InChI=1S/C14H21F2NO3/c1-9(13(19)20)8-17(11-2-3-11)12(18)10-4-6-14(15,16)7-5-10/h9-11H,2-8H2,1H3,(H,19,20). The fourth-order valence-electron chi connectivity index (χ4n) is 2.70. The van der Waals surface area contributed by atoms with E-state index in [0.29, 0.717) is 0 Å². The number of halogens is 2. The number of carbonyl (C=O) groups excluding carboxylic acids is 1. The quantitative estimate of drug-likeness (QED) is 0.846. The molecule has 2 fully saturated rings. The molecule has 0 radical (unpaired) electrons. The molecule has 2 rings (SSSR count). The molecule has 1 unspecified atom stereocenters. The number of aliphatic carboxylic acids is 1. The lowest BCUT2D eigenvalue weighted by atomic mass is 9.85. The second-order valence-electron chi connectivity index (χ2n) is 6.09. The van der Waals surface area contributed by atoms with Crippen LogP contribution < -0.4 is 0 Å². The van der Waals surface area contributed by atoms with Gasteiger partial charge in [0.05, 0.1) is 5.92 Å². The van der Waals surface area contributed by atoms with Crippen molar-refractivity contribution in [3.05, 3.63) is 0 Å². The summed E-state index contributed by atoms with van der Waals surface area (Å²) in [5, 5.41) is 8.96. The average Bonchev–Trinajstić information content (AvgIpc) is 3.19. The van der Waals surface area contributed by atoms with E-state index in [2.05, 4.69) is 0 Å². The third-order valence-corrected chi connectivity index (χ3v) is 4.23. The van der Waals surface area contributed by atoms with E-state index in [9.17, 15) is 18.4 Å². The summed E-state index contributed by atoms with van der Waals surface area (Å²) in [7, 11) is 0. The summed E-state index contributed by atoms with van der Waals surface area (Å²) in [6, 6.07) is 0.117. The number of hydrogen-bond acceptors (Lipinski definition) is 2. The molecule has 2 aliphatic carbocycles. The summed E-state index contributed by atoms with van der Waals surface area (Å²) >= 11 is 0. The van der Waals surface area contributed by atoms with Gasteiger partial charge in [-0.1, -0.05) is 6.92 Å². The monoisotopic (exact) mass is 289 g/mol. The van der Waals surface area contributed by atoms with Gasteiger partial charge in [-0.2, -0.15) is 0 Å². The lowest BCUT2D eigenvalue weighted by molar-refractivity contribution is -0.145. The first kappa shape index (κ1) is 15.2. The van der Waals surface area contributed by atoms with Crippen LogP contribution in [0.5, 0.6) is 0 Å². The van der Waals surface area contributed by atoms with Crippen LogP contribution in [-0.2, 0) is 9.59 Å². The molecule has 0 aromatic heterocycles. The Morgan fingerprint density at radius 1 is 1.25 bits per heavy atom. The smallest absolute Gasteiger partial charge is 0.308 e. The number of carboxylic acids is 1. The highest BCUT2D eigenvalue weighted by Gasteiger charge is 2.42. The maximum Gasteiger partial charge on any atom is 0.308 e. The molecule has 0 aromatic rings. The van der Waals surface area contributed by atoms with Gasteiger partial charge in [0.25, 0.3) is 0 Å². The molecule has 0 aliphatic heterocycles. The first-order chi connectivity index (χ1) is 9.30. The third kappa shape index (κ3) is 3.67. The zero-order chi connectivity index (χ0) is 14.9. The van der Waals surface area contributed by atoms with Gasteiger partial charge in [-0.05, 0) is 25.7 Å². The van der Waals surface area contributed by atoms with Crippen molar-refractivity contribution in [3.8, 4) is 0 Å². The maximum absolute atomic E-state index is 13.1. The van der Waals surface area contributed by atoms with Crippen LogP contribution in [0.25, 0.3) is 0 Å². The molecule has 0 bridgehead atoms. The summed E-state index contributed by atoms with van der Waals surface area (Å²) in [6.07, 6.45) is 1.71. The van der Waals surface area contributed by atoms with Gasteiger partial charge in [0.1, 0.15) is 0 Å². The van der Waals surface area contributed by atoms with Crippen molar-refractivity contribution in [1.82, 2.24) is 4.90 Å². The molecule has 1 amide bonds. The number of amides is 1. The van der Waals surface area contributed by atoms with Gasteiger partial charge < -0.3 is 10.0 Å². The molecule has 0 spiro atoms. The highest BCUT2D eigenvalue weighted by molar-refractivity contribution is 5.80. The fourth-order valence-corrected chi connectivity index (χ4v) is 2.70. The van der Waals surface area contributed by atoms with Crippen molar-refractivity contribution >= 4 is 11.9 Å². The Morgan fingerprint density at radius 3 is 2.25 bits per heavy atom. The van der Waals surface area contributed by atoms with Crippen LogP contribution in [0.1, 0.15) is 45.4 Å². The maximum atomic E-state index is 13.1. The number of alkyl halides is 2. The SMILES string of the molecule is CC(CN(C(=O)C1CCC(F)(F)CC1)C1CC1)C(=O)O. The number of nitrogens with zero attached hydrogens (tertiary/aromatic N) is 1. The molecular weight excluding hydrogens is 268 g/mol. The molecule has 2 saturated carbocycles. The predicted molar refractivity (Wildman–Crippen MR) is 68.4 cm³/mol. The predicted octanol–water partition coefficient (Wildman–Crippen LogP) is 2.52. The Bertz CT molecular complexity index is 386. The van der Waals surface area contributed by atoms with Crippen LogP contribution >= 0.6 is 0 Å². The van der Waals surface area contributed by atoms with Crippen LogP contribution in [0.4, 0.5) is 8.78 Å². The number of carbonyl (C=O) groups is 2. The summed E-state index contributed by atoms with van der Waals surface area (Å²) < 4.78 is 26.3. The zero-order valence-electron chi connectivity index (χ0n) is 11.6. The topological polar surface area (TPSA) is 57.6 Å². The van der Waals surface area contributed by atoms with Crippen molar-refractivity contribution in [2.45, 2.75) is 57.4 Å². The third-order valence-electron chi connectivity index (χ3n) is 4.23. The molecule has 6 heteroatoms. The van der Waals surface area contributed by atoms with Gasteiger partial charge >= 0.3 is 5.97 Å². The van der Waals surface area contributed by atoms with Gasteiger partial charge in [0.2, 0.25) is 11.8 Å². The van der Waals surface area contributed by atoms with E-state index in [1.807, 2.05) is 0 Å². The fraction of sp³-hybridized carbons (Fsp3) is 0.857. The first-order valence-electron chi connectivity index (χ1n) is 7.21. The summed E-state index contributed by atoms with van der Waals surface area (Å²) in [5.41, 5.74) is 0. The van der Waals surface area contributed by atoms with Crippen molar-refractivity contribution in [1.29, 1.82) is 0 Å². The van der Waals surface area contributed by atoms with E-state index in [0.717, 1.165) is 12.8 Å². The molecule has 1 N–H and O–H groups in total. The van der Waals surface area contributed by atoms with Crippen LogP contribution in [0.15, 0.2) is 0 Å². The minimum absolute atomic E-state index is 0.117. The van der Waals surface area contributed by atoms with E-state index in [1.54, 1.807) is 11.8 Å². The minimum atomic E-state index is -2.64. The van der Waals surface area contributed by atoms with Gasteiger partial charge in [0, 0.05) is 31.3 Å². The summed E-state index contributed by atoms with van der Waals surface area (Å²) in [5.74, 6) is -4.69. The van der Waals surface area contributed by atoms with Crippen LogP contribution in [0, 0.1) is 11.8 Å². The molecule has 0 aromatic carbocycles. The Morgan fingerprint density at radius 2 is 1.80 bits per heavy atom. The second-order valence-corrected chi connectivity index (χ2v) is 6.09. The molecule has 114 valence electrons. The molecule has 2 aliphatic rings. The number of hydrogen-bond donors (Lipinski definition) is 1. The van der Waals surface area contributed by atoms with Crippen LogP contribution in [0.2, 0.25) is 0 Å². The second kappa shape index (κ2) is 5.66. The molecule has 4 nitrogen and oxygen atoms in total. The molecule has 0 saturated heterocycles. The van der Waals surface area contributed by atoms with Crippen LogP contribution in [-0.4, -0.2) is 40.4 Å². The molecule has 20 heavy (non-hydrogen) atoms. The molecular formula is C14H21F2NO3. The summed E-state index contributed by atoms with van der Waals surface area (Å²) in [4.78, 5) is 25.0. The van der Waals surface area contributed by atoms with Gasteiger partial charge in [0.15, 0.2) is 0 Å². The van der Waals surface area contributed by atoms with E-state index in [4.69, 9.17) is 5.11 Å². The summed E-state index contributed by atoms with van der Waals surface area (Å²) in [6.45, 7) is 1.76. The Kier molecular flexibility index (Phi) is 4.30. The number of carboxylic acid groups (broad SMARTS) is 1. The molecule has 0 heterocycles. The normalized spacial score (nSPS) is 24.1. The van der Waals surface area contributed by atoms with E-state index in [1.165, 1.54) is 0 Å². The van der Waals surface area contributed by atoms with E-state index >= 15 is 0 Å². The van der Waals surface area contributed by atoms with Gasteiger partial charge in [-0.15, -0.1) is 0 Å². The van der Waals surface area contributed by atoms with Crippen molar-refractivity contribution < 1.29 is 23.5 Å². The van der Waals surface area contributed by atoms with Crippen molar-refractivity contribution in [2.24, 2.45) is 11.8 Å². The minimum Gasteiger partial charge on any atom is -0.481 e. The highest BCUT2D eigenvalue weighted by Crippen LogP contribution is 2.38. The Labute approximate surface area is 117 Å². The highest BCUT2D eigenvalue weighted by atomic mass is 19.3. The van der Waals surface area contributed by atoms with Crippen molar-refractivity contribution in [2.75, 3.05) is 6.54 Å². The Balaban J connectivity index is 1.95. The lowest BCUT2D eigenvalue weighted by Crippen LogP contribution is -2.43. The zero-order valence-corrected chi connectivity index (χ0v) is 11.6.